The summed E-state index contributed by atoms with van der Waals surface area (Å²) >= 11 is 0. The number of nitrogens with zero attached hydrogens (tertiary/aromatic N) is 2. The average molecular weight is 312 g/mol. The standard InChI is InChI=1S/C13H16N2O5S/c1-19-13(16)10-20-11-4-6-12(7-5-11)21(17,18)15-9-3-2-8-14-15/h4-8H,2-3,9-10H2,1H3. The summed E-state index contributed by atoms with van der Waals surface area (Å²) in [5, 5.41) is 3.90. The molecule has 0 saturated carbocycles. The number of carbonyl (C=O) groups is 1. The highest BCUT2D eigenvalue weighted by atomic mass is 32.2. The molecule has 0 unspecified atom stereocenters. The maximum Gasteiger partial charge on any atom is 0.343 e. The SMILES string of the molecule is COC(=O)COc1ccc(S(=O)(=O)N2CCCC=N2)cc1. The van der Waals surface area contributed by atoms with Crippen LogP contribution in [0.25, 0.3) is 0 Å². The van der Waals surface area contributed by atoms with E-state index in [4.69, 9.17) is 4.74 Å². The Morgan fingerprint density at radius 3 is 2.62 bits per heavy atom. The second-order valence-electron chi connectivity index (χ2n) is 4.33. The molecule has 0 amide bonds. The van der Waals surface area contributed by atoms with E-state index in [1.807, 2.05) is 0 Å². The van der Waals surface area contributed by atoms with Crippen molar-refractivity contribution < 1.29 is 22.7 Å². The van der Waals surface area contributed by atoms with Crippen LogP contribution >= 0.6 is 0 Å². The van der Waals surface area contributed by atoms with Gasteiger partial charge in [-0.3, -0.25) is 0 Å². The third-order valence-electron chi connectivity index (χ3n) is 2.88. The number of rotatable bonds is 5. The summed E-state index contributed by atoms with van der Waals surface area (Å²) in [6, 6.07) is 5.82. The van der Waals surface area contributed by atoms with Crippen molar-refractivity contribution in [3.8, 4) is 5.75 Å². The van der Waals surface area contributed by atoms with Gasteiger partial charge in [0.1, 0.15) is 5.75 Å². The Labute approximate surface area is 123 Å². The van der Waals surface area contributed by atoms with Crippen molar-refractivity contribution in [1.29, 1.82) is 0 Å². The number of esters is 1. The lowest BCUT2D eigenvalue weighted by Gasteiger charge is -2.21. The molecule has 2 rings (SSSR count). The molecular formula is C13H16N2O5S. The molecule has 0 atom stereocenters. The van der Waals surface area contributed by atoms with E-state index in [0.717, 1.165) is 17.3 Å². The molecule has 1 aromatic rings. The van der Waals surface area contributed by atoms with Crippen LogP contribution in [-0.4, -0.2) is 45.3 Å². The minimum Gasteiger partial charge on any atom is -0.482 e. The molecular weight excluding hydrogens is 296 g/mol. The number of ether oxygens (including phenoxy) is 2. The zero-order chi connectivity index (χ0) is 15.3. The highest BCUT2D eigenvalue weighted by Crippen LogP contribution is 2.21. The molecule has 7 nitrogen and oxygen atoms in total. The summed E-state index contributed by atoms with van der Waals surface area (Å²) in [5.41, 5.74) is 0. The molecule has 0 bridgehead atoms. The Hall–Kier alpha value is -2.09. The Balaban J connectivity index is 2.09. The molecule has 0 radical (unpaired) electrons. The van der Waals surface area contributed by atoms with Crippen molar-refractivity contribution in [1.82, 2.24) is 4.41 Å². The van der Waals surface area contributed by atoms with E-state index in [-0.39, 0.29) is 11.5 Å². The van der Waals surface area contributed by atoms with Gasteiger partial charge in [0.2, 0.25) is 0 Å². The largest absolute Gasteiger partial charge is 0.482 e. The monoisotopic (exact) mass is 312 g/mol. The fourth-order valence-corrected chi connectivity index (χ4v) is 3.02. The minimum absolute atomic E-state index is 0.131. The van der Waals surface area contributed by atoms with Crippen LogP contribution in [0, 0.1) is 0 Å². The Morgan fingerprint density at radius 2 is 2.05 bits per heavy atom. The first-order chi connectivity index (χ1) is 10.0. The third-order valence-corrected chi connectivity index (χ3v) is 4.58. The van der Waals surface area contributed by atoms with Crippen LogP contribution in [-0.2, 0) is 19.6 Å². The number of methoxy groups -OCH3 is 1. The second kappa shape index (κ2) is 6.57. The van der Waals surface area contributed by atoms with Crippen LogP contribution in [0.15, 0.2) is 34.3 Å². The van der Waals surface area contributed by atoms with Gasteiger partial charge in [-0.2, -0.15) is 17.9 Å². The molecule has 0 aliphatic carbocycles. The van der Waals surface area contributed by atoms with Crippen molar-refractivity contribution in [3.63, 3.8) is 0 Å². The van der Waals surface area contributed by atoms with Gasteiger partial charge >= 0.3 is 5.97 Å². The van der Waals surface area contributed by atoms with E-state index in [1.165, 1.54) is 31.4 Å². The number of hydrazone groups is 1. The lowest BCUT2D eigenvalue weighted by molar-refractivity contribution is -0.142. The second-order valence-corrected chi connectivity index (χ2v) is 6.17. The summed E-state index contributed by atoms with van der Waals surface area (Å²) in [6.07, 6.45) is 3.13. The molecule has 8 heteroatoms. The Kier molecular flexibility index (Phi) is 4.79. The number of sulfonamides is 1. The quantitative estimate of drug-likeness (QED) is 0.757. The normalized spacial score (nSPS) is 14.8. The molecule has 0 saturated heterocycles. The summed E-state index contributed by atoms with van der Waals surface area (Å²) in [5.74, 6) is -0.115. The van der Waals surface area contributed by atoms with Crippen LogP contribution in [0.3, 0.4) is 0 Å². The van der Waals surface area contributed by atoms with Gasteiger partial charge < -0.3 is 9.47 Å². The summed E-state index contributed by atoms with van der Waals surface area (Å²) in [6.45, 7) is 0.151. The molecule has 0 spiro atoms. The number of benzene rings is 1. The van der Waals surface area contributed by atoms with Crippen molar-refractivity contribution >= 4 is 22.2 Å². The predicted octanol–water partition coefficient (Wildman–Crippen LogP) is 1.01. The van der Waals surface area contributed by atoms with Gasteiger partial charge in [0.25, 0.3) is 10.0 Å². The molecule has 21 heavy (non-hydrogen) atoms. The molecule has 114 valence electrons. The first-order valence-corrected chi connectivity index (χ1v) is 7.83. The van der Waals surface area contributed by atoms with Gasteiger partial charge in [0.05, 0.1) is 18.6 Å². The van der Waals surface area contributed by atoms with Gasteiger partial charge in [0.15, 0.2) is 6.61 Å². The topological polar surface area (TPSA) is 85.3 Å². The van der Waals surface area contributed by atoms with Crippen LogP contribution in [0.1, 0.15) is 12.8 Å². The van der Waals surface area contributed by atoms with E-state index in [9.17, 15) is 13.2 Å². The van der Waals surface area contributed by atoms with Crippen LogP contribution in [0.4, 0.5) is 0 Å². The smallest absolute Gasteiger partial charge is 0.343 e. The average Bonchev–Trinajstić information content (AvgIpc) is 2.53. The number of hydrogen-bond acceptors (Lipinski definition) is 6. The van der Waals surface area contributed by atoms with Crippen LogP contribution in [0.2, 0.25) is 0 Å². The lowest BCUT2D eigenvalue weighted by atomic mass is 10.3. The molecule has 0 aromatic heterocycles. The third kappa shape index (κ3) is 3.72. The van der Waals surface area contributed by atoms with Gasteiger partial charge in [0, 0.05) is 6.21 Å². The first-order valence-electron chi connectivity index (χ1n) is 6.39. The molecule has 1 aromatic carbocycles. The lowest BCUT2D eigenvalue weighted by Crippen LogP contribution is -2.29. The molecule has 1 heterocycles. The highest BCUT2D eigenvalue weighted by molar-refractivity contribution is 7.89. The summed E-state index contributed by atoms with van der Waals surface area (Å²) in [4.78, 5) is 11.1. The van der Waals surface area contributed by atoms with E-state index in [2.05, 4.69) is 9.84 Å². The maximum absolute atomic E-state index is 12.3. The summed E-state index contributed by atoms with van der Waals surface area (Å²) < 4.78 is 35.3. The van der Waals surface area contributed by atoms with E-state index in [0.29, 0.717) is 12.3 Å². The fraction of sp³-hybridized carbons (Fsp3) is 0.385. The van der Waals surface area contributed by atoms with Crippen LogP contribution < -0.4 is 4.74 Å². The number of carbonyl (C=O) groups excluding carboxylic acids is 1. The maximum atomic E-state index is 12.3. The van der Waals surface area contributed by atoms with Crippen molar-refractivity contribution in [2.24, 2.45) is 5.10 Å². The molecule has 1 aliphatic rings. The van der Waals surface area contributed by atoms with Crippen molar-refractivity contribution in [3.05, 3.63) is 24.3 Å². The van der Waals surface area contributed by atoms with Gasteiger partial charge in [-0.1, -0.05) is 0 Å². The molecule has 1 aliphatic heterocycles. The van der Waals surface area contributed by atoms with Crippen molar-refractivity contribution in [2.75, 3.05) is 20.3 Å². The highest BCUT2D eigenvalue weighted by Gasteiger charge is 2.23. The van der Waals surface area contributed by atoms with Crippen molar-refractivity contribution in [2.45, 2.75) is 17.7 Å². The Bertz CT molecular complexity index is 624. The van der Waals surface area contributed by atoms with Crippen LogP contribution in [0.5, 0.6) is 5.75 Å². The summed E-state index contributed by atoms with van der Waals surface area (Å²) in [7, 11) is -2.36. The zero-order valence-corrected chi connectivity index (χ0v) is 12.4. The zero-order valence-electron chi connectivity index (χ0n) is 11.6. The van der Waals surface area contributed by atoms with Gasteiger partial charge in [-0.25, -0.2) is 4.79 Å². The fourth-order valence-electron chi connectivity index (χ4n) is 1.74. The van der Waals surface area contributed by atoms with Gasteiger partial charge in [-0.05, 0) is 37.1 Å². The predicted molar refractivity (Wildman–Crippen MR) is 75.6 cm³/mol. The van der Waals surface area contributed by atoms with E-state index >= 15 is 0 Å². The van der Waals surface area contributed by atoms with Gasteiger partial charge in [-0.15, -0.1) is 0 Å². The molecule has 0 fully saturated rings. The van der Waals surface area contributed by atoms with E-state index < -0.39 is 16.0 Å². The number of hydrogen-bond donors (Lipinski definition) is 0. The van der Waals surface area contributed by atoms with E-state index in [1.54, 1.807) is 6.21 Å². The minimum atomic E-state index is -3.63. The Morgan fingerprint density at radius 1 is 1.33 bits per heavy atom. The molecule has 0 N–H and O–H groups in total. The first kappa shape index (κ1) is 15.3.